The Labute approximate surface area is 212 Å². The van der Waals surface area contributed by atoms with Crippen LogP contribution in [0.2, 0.25) is 5.02 Å². The lowest BCUT2D eigenvalue weighted by Crippen LogP contribution is -2.49. The van der Waals surface area contributed by atoms with E-state index in [1.807, 2.05) is 28.9 Å². The quantitative estimate of drug-likeness (QED) is 0.441. The van der Waals surface area contributed by atoms with Crippen molar-refractivity contribution in [2.24, 2.45) is 0 Å². The molecule has 0 atom stereocenters. The minimum absolute atomic E-state index is 0.0682. The number of ether oxygens (including phenoxy) is 2. The van der Waals surface area contributed by atoms with E-state index in [9.17, 15) is 4.79 Å². The summed E-state index contributed by atoms with van der Waals surface area (Å²) in [4.78, 5) is 19.1. The molecule has 2 saturated heterocycles. The number of nitrogen functional groups attached to an aromatic ring is 1. The van der Waals surface area contributed by atoms with Crippen LogP contribution in [0.1, 0.15) is 29.2 Å². The molecule has 10 nitrogen and oxygen atoms in total. The Hall–Kier alpha value is -3.47. The summed E-state index contributed by atoms with van der Waals surface area (Å²) in [5, 5.41) is 9.58. The Morgan fingerprint density at radius 2 is 1.92 bits per heavy atom. The van der Waals surface area contributed by atoms with Crippen molar-refractivity contribution in [3.05, 3.63) is 53.4 Å². The number of amides is 1. The van der Waals surface area contributed by atoms with Crippen molar-refractivity contribution in [3.8, 4) is 22.5 Å². The van der Waals surface area contributed by atoms with Crippen molar-refractivity contribution in [3.63, 3.8) is 0 Å². The molecule has 0 radical (unpaired) electrons. The maximum absolute atomic E-state index is 13.2. The number of rotatable bonds is 5. The number of hydrogen-bond donors (Lipinski definition) is 1. The van der Waals surface area contributed by atoms with Gasteiger partial charge < -0.3 is 20.1 Å². The number of anilines is 1. The molecule has 4 aromatic rings. The van der Waals surface area contributed by atoms with Gasteiger partial charge in [0.1, 0.15) is 11.8 Å². The number of carbonyl (C=O) groups excluding carboxylic acids is 1. The highest BCUT2D eigenvalue weighted by molar-refractivity contribution is 6.31. The third-order valence-electron chi connectivity index (χ3n) is 6.99. The van der Waals surface area contributed by atoms with Gasteiger partial charge in [0, 0.05) is 48.2 Å². The molecular weight excluding hydrogens is 482 g/mol. The first-order chi connectivity index (χ1) is 17.5. The first-order valence-corrected chi connectivity index (χ1v) is 12.3. The van der Waals surface area contributed by atoms with E-state index < -0.39 is 0 Å². The Morgan fingerprint density at radius 3 is 2.67 bits per heavy atom. The van der Waals surface area contributed by atoms with Crippen LogP contribution in [0, 0.1) is 0 Å². The highest BCUT2D eigenvalue weighted by Gasteiger charge is 2.28. The highest BCUT2D eigenvalue weighted by Crippen LogP contribution is 2.37. The summed E-state index contributed by atoms with van der Waals surface area (Å²) in [5.74, 6) is 0.244. The van der Waals surface area contributed by atoms with E-state index >= 15 is 0 Å². The molecule has 0 spiro atoms. The van der Waals surface area contributed by atoms with Gasteiger partial charge in [-0.3, -0.25) is 9.48 Å². The van der Waals surface area contributed by atoms with Crippen LogP contribution in [0.5, 0.6) is 0 Å². The fraction of sp³-hybridized carbons (Fsp3) is 0.360. The van der Waals surface area contributed by atoms with E-state index in [1.54, 1.807) is 28.7 Å². The number of nitrogens with two attached hydrogens (primary N) is 1. The van der Waals surface area contributed by atoms with E-state index in [0.717, 1.165) is 35.4 Å². The van der Waals surface area contributed by atoms with Crippen molar-refractivity contribution in [1.82, 2.24) is 29.3 Å². The number of halogens is 1. The molecule has 11 heteroatoms. The van der Waals surface area contributed by atoms with Crippen LogP contribution in [0.15, 0.2) is 42.9 Å². The number of fused-ring (bicyclic) bond motifs is 1. The number of benzene rings is 1. The Bertz CT molecular complexity index is 1440. The smallest absolute Gasteiger partial charge is 0.254 e. The Balaban J connectivity index is 1.47. The fourth-order valence-corrected chi connectivity index (χ4v) is 5.13. The van der Waals surface area contributed by atoms with Gasteiger partial charge in [-0.1, -0.05) is 11.6 Å². The minimum Gasteiger partial charge on any atom is -0.382 e. The Kier molecular flexibility index (Phi) is 5.87. The molecule has 186 valence electrons. The minimum atomic E-state index is -0.111. The maximum atomic E-state index is 13.2. The van der Waals surface area contributed by atoms with Crippen LogP contribution in [0.3, 0.4) is 0 Å². The zero-order valence-electron chi connectivity index (χ0n) is 19.8. The molecule has 1 amide bonds. The molecule has 0 bridgehead atoms. The largest absolute Gasteiger partial charge is 0.382 e. The van der Waals surface area contributed by atoms with Gasteiger partial charge in [0.05, 0.1) is 36.7 Å². The van der Waals surface area contributed by atoms with Gasteiger partial charge in [-0.15, -0.1) is 0 Å². The lowest BCUT2D eigenvalue weighted by Gasteiger charge is -2.34. The van der Waals surface area contributed by atoms with Crippen molar-refractivity contribution in [2.75, 3.05) is 39.2 Å². The first kappa shape index (κ1) is 23.0. The summed E-state index contributed by atoms with van der Waals surface area (Å²) in [6.07, 6.45) is 4.99. The van der Waals surface area contributed by atoms with Gasteiger partial charge in [-0.05, 0) is 43.2 Å². The van der Waals surface area contributed by atoms with Crippen LogP contribution in [0.4, 0.5) is 5.82 Å². The molecule has 5 heterocycles. The predicted molar refractivity (Wildman–Crippen MR) is 135 cm³/mol. The van der Waals surface area contributed by atoms with Gasteiger partial charge in [0.15, 0.2) is 5.82 Å². The molecule has 0 unspecified atom stereocenters. The van der Waals surface area contributed by atoms with E-state index in [1.165, 1.54) is 6.33 Å². The predicted octanol–water partition coefficient (Wildman–Crippen LogP) is 3.32. The van der Waals surface area contributed by atoms with Gasteiger partial charge >= 0.3 is 0 Å². The number of carbonyl (C=O) groups is 1. The normalized spacial score (nSPS) is 16.8. The third kappa shape index (κ3) is 3.91. The highest BCUT2D eigenvalue weighted by atomic mass is 35.5. The third-order valence-corrected chi connectivity index (χ3v) is 7.21. The topological polar surface area (TPSA) is 113 Å². The molecular formula is C25H26ClN7O3. The van der Waals surface area contributed by atoms with Crippen LogP contribution in [-0.4, -0.2) is 74.7 Å². The summed E-state index contributed by atoms with van der Waals surface area (Å²) in [7, 11) is 1.78. The van der Waals surface area contributed by atoms with Crippen LogP contribution >= 0.6 is 11.6 Å². The summed E-state index contributed by atoms with van der Waals surface area (Å²) in [5.41, 5.74) is 10.8. The molecule has 2 N–H and O–H groups in total. The van der Waals surface area contributed by atoms with Crippen LogP contribution in [0.25, 0.3) is 28.0 Å². The second kappa shape index (κ2) is 9.20. The SMILES string of the molecule is CN(C(=O)c1cc(Cl)cc(-c2cc(-c3ccnn3C3CCOCC3)c3c(N)ncnn23)c1)C1COC1. The number of likely N-dealkylation sites (N-methyl/N-ethyl adjacent to an activating group) is 1. The van der Waals surface area contributed by atoms with E-state index in [4.69, 9.17) is 26.8 Å². The fourth-order valence-electron chi connectivity index (χ4n) is 4.89. The van der Waals surface area contributed by atoms with Crippen molar-refractivity contribution in [1.29, 1.82) is 0 Å². The molecule has 36 heavy (non-hydrogen) atoms. The average molecular weight is 508 g/mol. The van der Waals surface area contributed by atoms with Crippen molar-refractivity contribution >= 4 is 28.8 Å². The molecule has 1 aromatic carbocycles. The lowest BCUT2D eigenvalue weighted by molar-refractivity contribution is -0.0467. The number of hydrogen-bond acceptors (Lipinski definition) is 7. The second-order valence-corrected chi connectivity index (χ2v) is 9.63. The van der Waals surface area contributed by atoms with Crippen molar-refractivity contribution in [2.45, 2.75) is 24.9 Å². The second-order valence-electron chi connectivity index (χ2n) is 9.19. The Morgan fingerprint density at radius 1 is 1.11 bits per heavy atom. The number of aromatic nitrogens is 5. The molecule has 2 aliphatic rings. The molecule has 3 aromatic heterocycles. The average Bonchev–Trinajstić information content (AvgIpc) is 3.48. The molecule has 0 saturated carbocycles. The van der Waals surface area contributed by atoms with Gasteiger partial charge in [-0.2, -0.15) is 10.2 Å². The van der Waals surface area contributed by atoms with E-state index in [0.29, 0.717) is 48.3 Å². The summed E-state index contributed by atoms with van der Waals surface area (Å²) in [6, 6.07) is 9.63. The summed E-state index contributed by atoms with van der Waals surface area (Å²) < 4.78 is 14.6. The first-order valence-electron chi connectivity index (χ1n) is 11.9. The molecule has 2 aliphatic heterocycles. The zero-order valence-corrected chi connectivity index (χ0v) is 20.6. The maximum Gasteiger partial charge on any atom is 0.254 e. The van der Waals surface area contributed by atoms with Crippen LogP contribution < -0.4 is 5.73 Å². The van der Waals surface area contributed by atoms with Crippen molar-refractivity contribution < 1.29 is 14.3 Å². The molecule has 6 rings (SSSR count). The monoisotopic (exact) mass is 507 g/mol. The van der Waals surface area contributed by atoms with Gasteiger partial charge in [-0.25, -0.2) is 9.50 Å². The number of nitrogens with zero attached hydrogens (tertiary/aromatic N) is 6. The summed E-state index contributed by atoms with van der Waals surface area (Å²) in [6.45, 7) is 2.49. The summed E-state index contributed by atoms with van der Waals surface area (Å²) >= 11 is 6.50. The van der Waals surface area contributed by atoms with Gasteiger partial charge in [0.25, 0.3) is 5.91 Å². The standard InChI is InChI=1S/C25H26ClN7O3/c1-31(19-12-36-13-19)25(34)16-8-15(9-17(26)10-16)22-11-20(23-24(27)28-14-30-33(22)23)21-2-5-29-32(21)18-3-6-35-7-4-18/h2,5,8-11,14,18-19H,3-4,6-7,12-13H2,1H3,(H2,27,28,30). The van der Waals surface area contributed by atoms with Crippen LogP contribution in [-0.2, 0) is 9.47 Å². The molecule has 2 fully saturated rings. The van der Waals surface area contributed by atoms with E-state index in [2.05, 4.69) is 15.2 Å². The molecule has 0 aliphatic carbocycles. The van der Waals surface area contributed by atoms with Gasteiger partial charge in [0.2, 0.25) is 0 Å². The van der Waals surface area contributed by atoms with E-state index in [-0.39, 0.29) is 18.0 Å². The zero-order chi connectivity index (χ0) is 24.8. The lowest BCUT2D eigenvalue weighted by atomic mass is 10.0.